The third-order valence-corrected chi connectivity index (χ3v) is 18.2. The first-order valence-corrected chi connectivity index (χ1v) is 30.1. The number of carboxylic acids is 2. The summed E-state index contributed by atoms with van der Waals surface area (Å²) in [7, 11) is 0. The van der Waals surface area contributed by atoms with E-state index in [2.05, 4.69) is 49.1 Å². The standard InChI is InChI=1S/C19H15FN2O4.C18H12F2N2O4.C18H13FN2O4.C16H11FN2O3/c1-9-6-10(2-5-15(23)24)16-12-4-3-11(20)8-13(12)19(14(16)7-9)17(25)21-18(26)22-19;1-8(23)7-26-15-5-11-10-3-2-9(19)4-12(10)18(13(11)6-14(15)20)16(24)21-17(25)22-18;1-8-4-9(6-14(22)23)15-11-3-2-10(19)7-12(11)18(13(15)5-8)16(24)20-17(25)21-18;1-7-4-11-10(6-13(7)20)9-3-2-8(17)5-12(9)16(11)14(21)18-15(22)19-16/h3-4,6-8H,2,5H2,1H3,(H,23,24)(H2,21,22,25,26);2-6,23H,1,7H2,(H2,21,22,24,25);2-5,7H,6H2,1H3,(H,22,23)(H2,20,21,24,25);2-6,20H,1H3,(H2,18,19,21,22). The molecule has 16 rings (SSSR count). The zero-order valence-corrected chi connectivity index (χ0v) is 51.8. The number of urea groups is 4. The number of phenolic OH excluding ortho intramolecular Hbond substituents is 1. The number of aryl methyl sites for hydroxylation is 4. The van der Waals surface area contributed by atoms with Crippen molar-refractivity contribution >= 4 is 59.7 Å². The Balaban J connectivity index is 0.000000119. The van der Waals surface area contributed by atoms with Gasteiger partial charge in [-0.2, -0.15) is 0 Å². The number of aromatic hydroxyl groups is 1. The Morgan fingerprint density at radius 2 is 0.798 bits per heavy atom. The molecule has 8 aliphatic rings. The second kappa shape index (κ2) is 23.3. The quantitative estimate of drug-likeness (QED) is 0.0386. The van der Waals surface area contributed by atoms with E-state index in [-0.39, 0.29) is 54.3 Å². The number of rotatable bonds is 8. The van der Waals surface area contributed by atoms with Crippen molar-refractivity contribution in [1.82, 2.24) is 42.5 Å². The lowest BCUT2D eigenvalue weighted by atomic mass is 9.86. The van der Waals surface area contributed by atoms with Crippen LogP contribution in [0, 0.1) is 49.9 Å². The number of carbonyl (C=O) groups is 10. The van der Waals surface area contributed by atoms with Crippen LogP contribution in [0.5, 0.6) is 11.5 Å². The molecular formula is C71H51F5N8O15. The zero-order valence-electron chi connectivity index (χ0n) is 51.8. The van der Waals surface area contributed by atoms with Crippen LogP contribution in [-0.2, 0) is 63.8 Å². The average Bonchev–Trinajstić information content (AvgIpc) is 1.57. The summed E-state index contributed by atoms with van der Waals surface area (Å²) in [5.41, 5.74) is 4.71. The van der Waals surface area contributed by atoms with E-state index in [9.17, 15) is 80.1 Å². The number of imide groups is 4. The molecule has 0 aromatic heterocycles. The molecule has 8 aromatic carbocycles. The van der Waals surface area contributed by atoms with E-state index in [1.54, 1.807) is 50.2 Å². The van der Waals surface area contributed by atoms with Gasteiger partial charge in [0.25, 0.3) is 23.6 Å². The summed E-state index contributed by atoms with van der Waals surface area (Å²) >= 11 is 0. The first kappa shape index (κ1) is 64.9. The number of halogens is 5. The van der Waals surface area contributed by atoms with Crippen molar-refractivity contribution in [3.8, 4) is 56.0 Å². The first-order valence-electron chi connectivity index (χ1n) is 30.1. The Morgan fingerprint density at radius 1 is 0.434 bits per heavy atom. The molecule has 4 spiro atoms. The summed E-state index contributed by atoms with van der Waals surface area (Å²) in [4.78, 5) is 120. The van der Waals surface area contributed by atoms with E-state index in [1.165, 1.54) is 66.7 Å². The molecule has 0 bridgehead atoms. The van der Waals surface area contributed by atoms with Crippen LogP contribution in [-0.4, -0.2) is 86.7 Å². The number of fused-ring (bicyclic) bond motifs is 20. The van der Waals surface area contributed by atoms with E-state index in [0.29, 0.717) is 89.0 Å². The number of amides is 12. The normalized spacial score (nSPS) is 20.3. The summed E-state index contributed by atoms with van der Waals surface area (Å²) in [5, 5.41) is 56.5. The molecule has 4 unspecified atom stereocenters. The summed E-state index contributed by atoms with van der Waals surface area (Å²) in [5.74, 6) is -7.72. The van der Waals surface area contributed by atoms with Gasteiger partial charge in [-0.3, -0.25) is 50.0 Å². The van der Waals surface area contributed by atoms with Crippen LogP contribution in [0.25, 0.3) is 44.5 Å². The lowest BCUT2D eigenvalue weighted by Gasteiger charge is -2.24. The number of aliphatic carboxylic acids is 2. The predicted molar refractivity (Wildman–Crippen MR) is 338 cm³/mol. The molecule has 4 fully saturated rings. The summed E-state index contributed by atoms with van der Waals surface area (Å²) in [6.45, 7) is 8.25. The van der Waals surface area contributed by atoms with E-state index < -0.39 is 111 Å². The Bertz CT molecular complexity index is 5120. The van der Waals surface area contributed by atoms with E-state index in [4.69, 9.17) is 14.9 Å². The molecule has 0 saturated carbocycles. The van der Waals surface area contributed by atoms with E-state index >= 15 is 0 Å². The second-order valence-electron chi connectivity index (χ2n) is 24.4. The highest BCUT2D eigenvalue weighted by molar-refractivity contribution is 6.16. The molecule has 23 nitrogen and oxygen atoms in total. The Morgan fingerprint density at radius 3 is 1.19 bits per heavy atom. The van der Waals surface area contributed by atoms with Gasteiger partial charge in [0, 0.05) is 39.8 Å². The molecule has 12 N–H and O–H groups in total. The van der Waals surface area contributed by atoms with Crippen LogP contribution in [0.1, 0.15) is 78.7 Å². The van der Waals surface area contributed by atoms with Crippen molar-refractivity contribution in [2.75, 3.05) is 6.61 Å². The van der Waals surface area contributed by atoms with Crippen LogP contribution < -0.4 is 47.3 Å². The number of carbonyl (C=O) groups excluding carboxylic acids is 8. The van der Waals surface area contributed by atoms with Crippen LogP contribution in [0.15, 0.2) is 134 Å². The molecular weight excluding hydrogens is 1300 g/mol. The molecule has 4 aliphatic heterocycles. The third-order valence-electron chi connectivity index (χ3n) is 18.2. The van der Waals surface area contributed by atoms with E-state index in [1.807, 2.05) is 13.0 Å². The number of carboxylic acid groups (broad SMARTS) is 2. The fraction of sp³-hybridized carbons (Fsp3) is 0.155. The topological polar surface area (TPSA) is 357 Å². The zero-order chi connectivity index (χ0) is 70.9. The number of benzene rings is 8. The lowest BCUT2D eigenvalue weighted by Crippen LogP contribution is -2.43. The molecule has 4 saturated heterocycles. The van der Waals surface area contributed by atoms with Crippen LogP contribution in [0.3, 0.4) is 0 Å². The largest absolute Gasteiger partial charge is 0.509 e. The van der Waals surface area contributed by atoms with Gasteiger partial charge in [-0.25, -0.2) is 41.1 Å². The minimum absolute atomic E-state index is 0.0715. The summed E-state index contributed by atoms with van der Waals surface area (Å²) in [6.07, 6.45) is -0.0493. The number of aliphatic hydroxyl groups excluding tert-OH is 1. The number of nitrogens with one attached hydrogen (secondary N) is 8. The van der Waals surface area contributed by atoms with Gasteiger partial charge >= 0.3 is 36.1 Å². The van der Waals surface area contributed by atoms with Crippen LogP contribution in [0.2, 0.25) is 0 Å². The SMILES string of the molecule is C=C(O)COc1cc2c(cc1F)C1(NC(=O)NC1=O)c1cc(F)ccc1-2.Cc1cc(CC(=O)O)c2c(c1)C1(NC(=O)NC1=O)c1cc(F)ccc1-2.Cc1cc(CCC(=O)O)c2c(c1)C1(NC(=O)NC1=O)c1cc(F)ccc1-2.Cc1cc2c(cc1O)-c1ccc(F)cc1C21NC(=O)NC1=O. The van der Waals surface area contributed by atoms with Gasteiger partial charge in [-0.15, -0.1) is 0 Å². The van der Waals surface area contributed by atoms with Gasteiger partial charge in [0.05, 0.1) is 6.42 Å². The number of hydrogen-bond acceptors (Lipinski definition) is 13. The van der Waals surface area contributed by atoms with Crippen molar-refractivity contribution < 1.29 is 95.1 Å². The molecule has 4 aliphatic carbocycles. The minimum atomic E-state index is -1.70. The highest BCUT2D eigenvalue weighted by Gasteiger charge is 2.59. The van der Waals surface area contributed by atoms with Gasteiger partial charge in [0.15, 0.2) is 33.7 Å². The predicted octanol–water partition coefficient (Wildman–Crippen LogP) is 8.42. The monoisotopic (exact) mass is 1350 g/mol. The van der Waals surface area contributed by atoms with Gasteiger partial charge in [0.1, 0.15) is 41.4 Å². The number of hydrogen-bond donors (Lipinski definition) is 12. The van der Waals surface area contributed by atoms with E-state index in [0.717, 1.165) is 28.8 Å². The molecule has 12 amide bonds. The van der Waals surface area contributed by atoms with Crippen molar-refractivity contribution in [1.29, 1.82) is 0 Å². The van der Waals surface area contributed by atoms with Crippen molar-refractivity contribution in [2.45, 2.75) is 62.2 Å². The molecule has 8 aromatic rings. The summed E-state index contributed by atoms with van der Waals surface area (Å²) < 4.78 is 75.1. The van der Waals surface area contributed by atoms with Gasteiger partial charge < -0.3 is 46.4 Å². The number of ether oxygens (including phenoxy) is 1. The first-order chi connectivity index (χ1) is 46.9. The van der Waals surface area contributed by atoms with Crippen molar-refractivity contribution in [3.05, 3.63) is 235 Å². The van der Waals surface area contributed by atoms with Gasteiger partial charge in [-0.05, 0) is 172 Å². The molecule has 28 heteroatoms. The molecule has 500 valence electrons. The Labute approximate surface area is 555 Å². The van der Waals surface area contributed by atoms with Crippen LogP contribution >= 0.6 is 0 Å². The average molecular weight is 1350 g/mol. The molecule has 99 heavy (non-hydrogen) atoms. The maximum absolute atomic E-state index is 14.5. The fourth-order valence-electron chi connectivity index (χ4n) is 14.4. The number of phenols is 1. The Hall–Kier alpha value is -12.8. The van der Waals surface area contributed by atoms with Gasteiger partial charge in [0.2, 0.25) is 0 Å². The maximum atomic E-state index is 14.5. The van der Waals surface area contributed by atoms with Crippen LogP contribution in [0.4, 0.5) is 41.1 Å². The Kier molecular flexibility index (Phi) is 15.3. The number of aliphatic hydroxyl groups is 1. The summed E-state index contributed by atoms with van der Waals surface area (Å²) in [6, 6.07) is 25.9. The van der Waals surface area contributed by atoms with Gasteiger partial charge in [-0.1, -0.05) is 66.2 Å². The smallest absolute Gasteiger partial charge is 0.322 e. The third kappa shape index (κ3) is 10.2. The second-order valence-corrected chi connectivity index (χ2v) is 24.4. The van der Waals surface area contributed by atoms with Crippen molar-refractivity contribution in [2.24, 2.45) is 0 Å². The molecule has 4 atom stereocenters. The fourth-order valence-corrected chi connectivity index (χ4v) is 14.4. The molecule has 0 radical (unpaired) electrons. The minimum Gasteiger partial charge on any atom is -0.509 e. The maximum Gasteiger partial charge on any atom is 0.322 e. The molecule has 4 heterocycles. The highest BCUT2D eigenvalue weighted by Crippen LogP contribution is 2.55. The van der Waals surface area contributed by atoms with Crippen molar-refractivity contribution in [3.63, 3.8) is 0 Å². The highest BCUT2D eigenvalue weighted by atomic mass is 19.1. The lowest BCUT2D eigenvalue weighted by molar-refractivity contribution is -0.137.